The van der Waals surface area contributed by atoms with Gasteiger partial charge in [0.15, 0.2) is 0 Å². The van der Waals surface area contributed by atoms with Gasteiger partial charge in [0.25, 0.3) is 0 Å². The summed E-state index contributed by atoms with van der Waals surface area (Å²) in [5.41, 5.74) is 0. The molecule has 0 aromatic carbocycles. The van der Waals surface area contributed by atoms with E-state index in [4.69, 9.17) is 4.74 Å². The molecule has 0 saturated heterocycles. The van der Waals surface area contributed by atoms with Gasteiger partial charge < -0.3 is 14.4 Å². The summed E-state index contributed by atoms with van der Waals surface area (Å²) in [6.07, 6.45) is 2.64. The fourth-order valence-corrected chi connectivity index (χ4v) is 1.12. The van der Waals surface area contributed by atoms with E-state index in [0.717, 1.165) is 32.5 Å². The number of hydrogen-bond donors (Lipinski definition) is 0. The average molecular weight is 203 g/mol. The van der Waals surface area contributed by atoms with E-state index >= 15 is 0 Å². The van der Waals surface area contributed by atoms with Crippen molar-refractivity contribution in [1.29, 1.82) is 0 Å². The van der Waals surface area contributed by atoms with Gasteiger partial charge >= 0.3 is 5.97 Å². The number of rotatable bonds is 8. The van der Waals surface area contributed by atoms with Crippen molar-refractivity contribution in [2.24, 2.45) is 0 Å². The number of ether oxygens (including phenoxy) is 2. The summed E-state index contributed by atoms with van der Waals surface area (Å²) < 4.78 is 9.50. The van der Waals surface area contributed by atoms with Crippen LogP contribution in [0.5, 0.6) is 0 Å². The van der Waals surface area contributed by atoms with Gasteiger partial charge in [-0.05, 0) is 26.4 Å². The summed E-state index contributed by atoms with van der Waals surface area (Å²) in [4.78, 5) is 13.0. The molecular formula is C10H21NO3. The zero-order valence-corrected chi connectivity index (χ0v) is 9.41. The number of carbonyl (C=O) groups excluding carboxylic acids is 1. The average Bonchev–Trinajstić information content (AvgIpc) is 2.21. The lowest BCUT2D eigenvalue weighted by molar-refractivity contribution is -0.140. The van der Waals surface area contributed by atoms with Crippen LogP contribution < -0.4 is 0 Å². The molecule has 0 aromatic rings. The first kappa shape index (κ1) is 13.4. The molecule has 0 aliphatic carbocycles. The molecule has 0 amide bonds. The van der Waals surface area contributed by atoms with Crippen LogP contribution in [0.4, 0.5) is 0 Å². The standard InChI is InChI=1S/C10H21NO3/c1-11(7-4-5-9-13-2)8-6-10(12)14-3/h4-9H2,1-3H3. The molecule has 0 aromatic heterocycles. The fourth-order valence-electron chi connectivity index (χ4n) is 1.12. The van der Waals surface area contributed by atoms with E-state index in [1.807, 2.05) is 7.05 Å². The summed E-state index contributed by atoms with van der Waals surface area (Å²) in [7, 11) is 5.14. The molecule has 0 atom stereocenters. The molecule has 0 unspecified atom stereocenters. The van der Waals surface area contributed by atoms with Gasteiger partial charge in [-0.3, -0.25) is 4.79 Å². The lowest BCUT2D eigenvalue weighted by Gasteiger charge is -2.15. The maximum absolute atomic E-state index is 10.8. The largest absolute Gasteiger partial charge is 0.469 e. The summed E-state index contributed by atoms with van der Waals surface area (Å²) in [5, 5.41) is 0. The van der Waals surface area contributed by atoms with Crippen molar-refractivity contribution in [2.45, 2.75) is 19.3 Å². The fraction of sp³-hybridized carbons (Fsp3) is 0.900. The molecule has 4 heteroatoms. The van der Waals surface area contributed by atoms with E-state index in [1.165, 1.54) is 7.11 Å². The van der Waals surface area contributed by atoms with Crippen LogP contribution in [0.25, 0.3) is 0 Å². The molecule has 4 nitrogen and oxygen atoms in total. The SMILES string of the molecule is COCCCCN(C)CCC(=O)OC. The first-order chi connectivity index (χ1) is 6.70. The second kappa shape index (κ2) is 8.97. The lowest BCUT2D eigenvalue weighted by Crippen LogP contribution is -2.23. The van der Waals surface area contributed by atoms with Crippen LogP contribution in [0.15, 0.2) is 0 Å². The van der Waals surface area contributed by atoms with Crippen molar-refractivity contribution >= 4 is 5.97 Å². The highest BCUT2D eigenvalue weighted by atomic mass is 16.5. The first-order valence-corrected chi connectivity index (χ1v) is 4.95. The molecule has 14 heavy (non-hydrogen) atoms. The Labute approximate surface area is 86.2 Å². The molecule has 0 aliphatic heterocycles. The van der Waals surface area contributed by atoms with E-state index < -0.39 is 0 Å². The van der Waals surface area contributed by atoms with Gasteiger partial charge in [0.05, 0.1) is 13.5 Å². The molecule has 0 N–H and O–H groups in total. The highest BCUT2D eigenvalue weighted by molar-refractivity contribution is 5.69. The second-order valence-corrected chi connectivity index (χ2v) is 3.33. The van der Waals surface area contributed by atoms with Gasteiger partial charge in [-0.25, -0.2) is 0 Å². The number of methoxy groups -OCH3 is 2. The third-order valence-electron chi connectivity index (χ3n) is 2.06. The predicted molar refractivity (Wildman–Crippen MR) is 55.2 cm³/mol. The Morgan fingerprint density at radius 1 is 1.21 bits per heavy atom. The van der Waals surface area contributed by atoms with Gasteiger partial charge in [0, 0.05) is 20.3 Å². The summed E-state index contributed by atoms with van der Waals surface area (Å²) in [6, 6.07) is 0. The monoisotopic (exact) mass is 203 g/mol. The zero-order chi connectivity index (χ0) is 10.8. The van der Waals surface area contributed by atoms with Crippen LogP contribution in [0.3, 0.4) is 0 Å². The van der Waals surface area contributed by atoms with Crippen molar-refractivity contribution in [2.75, 3.05) is 41.0 Å². The second-order valence-electron chi connectivity index (χ2n) is 3.33. The Morgan fingerprint density at radius 2 is 1.93 bits per heavy atom. The van der Waals surface area contributed by atoms with Gasteiger partial charge in [0.1, 0.15) is 0 Å². The van der Waals surface area contributed by atoms with Crippen LogP contribution in [-0.4, -0.2) is 51.8 Å². The number of nitrogens with zero attached hydrogens (tertiary/aromatic N) is 1. The van der Waals surface area contributed by atoms with Crippen molar-refractivity contribution in [1.82, 2.24) is 4.90 Å². The summed E-state index contributed by atoms with van der Waals surface area (Å²) >= 11 is 0. The van der Waals surface area contributed by atoms with Crippen LogP contribution in [0, 0.1) is 0 Å². The van der Waals surface area contributed by atoms with E-state index in [1.54, 1.807) is 7.11 Å². The normalized spacial score (nSPS) is 10.6. The Kier molecular flexibility index (Phi) is 8.57. The Balaban J connectivity index is 3.27. The van der Waals surface area contributed by atoms with E-state index in [-0.39, 0.29) is 5.97 Å². The Morgan fingerprint density at radius 3 is 2.50 bits per heavy atom. The quantitative estimate of drug-likeness (QED) is 0.434. The highest BCUT2D eigenvalue weighted by Crippen LogP contribution is 1.95. The van der Waals surface area contributed by atoms with E-state index in [2.05, 4.69) is 9.64 Å². The van der Waals surface area contributed by atoms with Crippen molar-refractivity contribution in [3.8, 4) is 0 Å². The van der Waals surface area contributed by atoms with E-state index in [0.29, 0.717) is 6.42 Å². The highest BCUT2D eigenvalue weighted by Gasteiger charge is 2.03. The van der Waals surface area contributed by atoms with E-state index in [9.17, 15) is 4.79 Å². The van der Waals surface area contributed by atoms with Gasteiger partial charge in [-0.2, -0.15) is 0 Å². The van der Waals surface area contributed by atoms with Crippen LogP contribution in [0.2, 0.25) is 0 Å². The lowest BCUT2D eigenvalue weighted by atomic mass is 10.3. The topological polar surface area (TPSA) is 38.8 Å². The van der Waals surface area contributed by atoms with Gasteiger partial charge in [0.2, 0.25) is 0 Å². The molecule has 0 fully saturated rings. The molecule has 0 heterocycles. The van der Waals surface area contributed by atoms with Crippen molar-refractivity contribution < 1.29 is 14.3 Å². The van der Waals surface area contributed by atoms with Crippen molar-refractivity contribution in [3.63, 3.8) is 0 Å². The van der Waals surface area contributed by atoms with Crippen LogP contribution >= 0.6 is 0 Å². The smallest absolute Gasteiger partial charge is 0.306 e. The maximum atomic E-state index is 10.8. The zero-order valence-electron chi connectivity index (χ0n) is 9.41. The molecule has 0 bridgehead atoms. The summed E-state index contributed by atoms with van der Waals surface area (Å²) in [6.45, 7) is 2.57. The molecule has 0 aliphatic rings. The molecule has 0 radical (unpaired) electrons. The number of esters is 1. The predicted octanol–water partition coefficient (Wildman–Crippen LogP) is 0.908. The molecule has 84 valence electrons. The third kappa shape index (κ3) is 8.01. The minimum absolute atomic E-state index is 0.145. The molecule has 0 rings (SSSR count). The maximum Gasteiger partial charge on any atom is 0.306 e. The van der Waals surface area contributed by atoms with Crippen LogP contribution in [-0.2, 0) is 14.3 Å². The minimum atomic E-state index is -0.145. The number of unbranched alkanes of at least 4 members (excludes halogenated alkanes) is 1. The molecule has 0 spiro atoms. The minimum Gasteiger partial charge on any atom is -0.469 e. The van der Waals surface area contributed by atoms with Crippen molar-refractivity contribution in [3.05, 3.63) is 0 Å². The molecule has 0 saturated carbocycles. The van der Waals surface area contributed by atoms with Gasteiger partial charge in [-0.15, -0.1) is 0 Å². The Hall–Kier alpha value is -0.610. The van der Waals surface area contributed by atoms with Gasteiger partial charge in [-0.1, -0.05) is 0 Å². The number of hydrogen-bond acceptors (Lipinski definition) is 4. The summed E-state index contributed by atoms with van der Waals surface area (Å²) in [5.74, 6) is -0.145. The van der Waals surface area contributed by atoms with Crippen LogP contribution in [0.1, 0.15) is 19.3 Å². The first-order valence-electron chi connectivity index (χ1n) is 4.95. The number of carbonyl (C=O) groups is 1. The third-order valence-corrected chi connectivity index (χ3v) is 2.06. The Bertz CT molecular complexity index is 150. The molecular weight excluding hydrogens is 182 g/mol.